The molecule has 2 fully saturated rings. The average Bonchev–Trinajstić information content (AvgIpc) is 2.72. The van der Waals surface area contributed by atoms with Crippen LogP contribution >= 0.6 is 0 Å². The highest BCUT2D eigenvalue weighted by Gasteiger charge is 2.46. The van der Waals surface area contributed by atoms with Gasteiger partial charge in [0, 0.05) is 6.54 Å². The van der Waals surface area contributed by atoms with E-state index >= 15 is 0 Å². The van der Waals surface area contributed by atoms with Crippen molar-refractivity contribution < 1.29 is 19.4 Å². The average molecular weight is 213 g/mol. The van der Waals surface area contributed by atoms with Crippen molar-refractivity contribution in [2.45, 2.75) is 37.7 Å². The summed E-state index contributed by atoms with van der Waals surface area (Å²) in [5, 5.41) is 8.54. The molecule has 1 amide bonds. The maximum atomic E-state index is 11.5. The molecule has 0 atom stereocenters. The fraction of sp³-hybridized carbons (Fsp3) is 0.800. The first kappa shape index (κ1) is 10.3. The van der Waals surface area contributed by atoms with Gasteiger partial charge in [-0.2, -0.15) is 0 Å². The number of amides is 1. The Morgan fingerprint density at radius 2 is 2.13 bits per heavy atom. The van der Waals surface area contributed by atoms with Gasteiger partial charge in [0.25, 0.3) is 0 Å². The summed E-state index contributed by atoms with van der Waals surface area (Å²) < 4.78 is 5.35. The second-order valence-corrected chi connectivity index (χ2v) is 4.32. The molecular weight excluding hydrogens is 198 g/mol. The second kappa shape index (κ2) is 3.72. The molecule has 0 aromatic heterocycles. The van der Waals surface area contributed by atoms with Crippen molar-refractivity contribution in [3.8, 4) is 0 Å². The monoisotopic (exact) mass is 213 g/mol. The van der Waals surface area contributed by atoms with Gasteiger partial charge in [-0.1, -0.05) is 0 Å². The van der Waals surface area contributed by atoms with Crippen LogP contribution in [-0.4, -0.2) is 40.8 Å². The first-order chi connectivity index (χ1) is 7.11. The standard InChI is InChI=1S/C10H15NO4/c12-8(13)3-6-11-7-10(15-9(11)14)4-1-2-5-10/h1-7H2,(H,12,13). The van der Waals surface area contributed by atoms with Gasteiger partial charge in [0.1, 0.15) is 5.60 Å². The van der Waals surface area contributed by atoms with E-state index in [1.54, 1.807) is 0 Å². The van der Waals surface area contributed by atoms with E-state index in [1.807, 2.05) is 0 Å². The molecule has 0 bridgehead atoms. The van der Waals surface area contributed by atoms with E-state index in [9.17, 15) is 9.59 Å². The zero-order valence-corrected chi connectivity index (χ0v) is 8.57. The number of aliphatic carboxylic acids is 1. The first-order valence-corrected chi connectivity index (χ1v) is 5.31. The van der Waals surface area contributed by atoms with Crippen LogP contribution in [0, 0.1) is 0 Å². The van der Waals surface area contributed by atoms with Gasteiger partial charge < -0.3 is 14.7 Å². The van der Waals surface area contributed by atoms with Gasteiger partial charge in [-0.15, -0.1) is 0 Å². The highest BCUT2D eigenvalue weighted by Crippen LogP contribution is 2.38. The third kappa shape index (κ3) is 2.06. The van der Waals surface area contributed by atoms with Crippen LogP contribution < -0.4 is 0 Å². The minimum Gasteiger partial charge on any atom is -0.481 e. The Bertz CT molecular complexity index is 283. The van der Waals surface area contributed by atoms with Gasteiger partial charge in [-0.3, -0.25) is 4.79 Å². The van der Waals surface area contributed by atoms with Gasteiger partial charge in [0.05, 0.1) is 13.0 Å². The highest BCUT2D eigenvalue weighted by atomic mass is 16.6. The summed E-state index contributed by atoms with van der Waals surface area (Å²) in [6, 6.07) is 0. The van der Waals surface area contributed by atoms with Crippen molar-refractivity contribution in [2.75, 3.05) is 13.1 Å². The Hall–Kier alpha value is -1.26. The lowest BCUT2D eigenvalue weighted by Crippen LogP contribution is -2.32. The van der Waals surface area contributed by atoms with Crippen molar-refractivity contribution in [3.63, 3.8) is 0 Å². The van der Waals surface area contributed by atoms with E-state index in [-0.39, 0.29) is 24.7 Å². The van der Waals surface area contributed by atoms with Gasteiger partial charge in [-0.25, -0.2) is 4.79 Å². The van der Waals surface area contributed by atoms with Crippen LogP contribution in [0.4, 0.5) is 4.79 Å². The molecule has 5 nitrogen and oxygen atoms in total. The van der Waals surface area contributed by atoms with E-state index in [1.165, 1.54) is 4.90 Å². The van der Waals surface area contributed by atoms with Crippen LogP contribution in [0.1, 0.15) is 32.1 Å². The predicted molar refractivity (Wildman–Crippen MR) is 51.5 cm³/mol. The molecule has 0 aromatic rings. The van der Waals surface area contributed by atoms with Crippen LogP contribution in [0.5, 0.6) is 0 Å². The minimum absolute atomic E-state index is 0.00875. The number of carbonyl (C=O) groups excluding carboxylic acids is 1. The molecule has 5 heteroatoms. The molecule has 0 unspecified atom stereocenters. The zero-order valence-electron chi connectivity index (χ0n) is 8.57. The Kier molecular flexibility index (Phi) is 2.54. The largest absolute Gasteiger partial charge is 0.481 e. The zero-order chi connectivity index (χ0) is 10.9. The molecule has 0 radical (unpaired) electrons. The van der Waals surface area contributed by atoms with Crippen molar-refractivity contribution in [2.24, 2.45) is 0 Å². The van der Waals surface area contributed by atoms with E-state index in [2.05, 4.69) is 0 Å². The normalized spacial score (nSPS) is 23.5. The summed E-state index contributed by atoms with van der Waals surface area (Å²) in [4.78, 5) is 23.4. The Morgan fingerprint density at radius 1 is 1.47 bits per heavy atom. The fourth-order valence-corrected chi connectivity index (χ4v) is 2.37. The topological polar surface area (TPSA) is 66.8 Å². The number of rotatable bonds is 3. The molecule has 2 aliphatic rings. The predicted octanol–water partition coefficient (Wildman–Crippen LogP) is 1.23. The maximum Gasteiger partial charge on any atom is 0.410 e. The Labute approximate surface area is 88.0 Å². The van der Waals surface area contributed by atoms with Crippen molar-refractivity contribution in [1.82, 2.24) is 4.90 Å². The molecule has 84 valence electrons. The summed E-state index contributed by atoms with van der Waals surface area (Å²) in [6.45, 7) is 0.828. The second-order valence-electron chi connectivity index (χ2n) is 4.32. The summed E-state index contributed by atoms with van der Waals surface area (Å²) in [5.41, 5.74) is -0.296. The van der Waals surface area contributed by atoms with Crippen LogP contribution in [-0.2, 0) is 9.53 Å². The molecule has 1 N–H and O–H groups in total. The van der Waals surface area contributed by atoms with E-state index in [4.69, 9.17) is 9.84 Å². The summed E-state index contributed by atoms with van der Waals surface area (Å²) in [7, 11) is 0. The van der Waals surface area contributed by atoms with Crippen LogP contribution in [0.25, 0.3) is 0 Å². The molecule has 1 heterocycles. The van der Waals surface area contributed by atoms with E-state index in [0.717, 1.165) is 25.7 Å². The van der Waals surface area contributed by atoms with Crippen molar-refractivity contribution in [3.05, 3.63) is 0 Å². The van der Waals surface area contributed by atoms with Gasteiger partial charge >= 0.3 is 12.1 Å². The van der Waals surface area contributed by atoms with E-state index in [0.29, 0.717) is 6.54 Å². The highest BCUT2D eigenvalue weighted by molar-refractivity contribution is 5.72. The lowest BCUT2D eigenvalue weighted by atomic mass is 10.0. The molecule has 1 saturated heterocycles. The van der Waals surface area contributed by atoms with Crippen LogP contribution in [0.15, 0.2) is 0 Å². The molecule has 1 saturated carbocycles. The van der Waals surface area contributed by atoms with Crippen molar-refractivity contribution in [1.29, 1.82) is 0 Å². The molecule has 1 aliphatic heterocycles. The van der Waals surface area contributed by atoms with Crippen molar-refractivity contribution >= 4 is 12.1 Å². The molecule has 15 heavy (non-hydrogen) atoms. The summed E-state index contributed by atoms with van der Waals surface area (Å²) in [5.74, 6) is -0.879. The molecule has 2 rings (SSSR count). The molecule has 1 aliphatic carbocycles. The lowest BCUT2D eigenvalue weighted by Gasteiger charge is -2.19. The smallest absolute Gasteiger partial charge is 0.410 e. The fourth-order valence-electron chi connectivity index (χ4n) is 2.37. The summed E-state index contributed by atoms with van der Waals surface area (Å²) in [6.07, 6.45) is 3.67. The maximum absolute atomic E-state index is 11.5. The molecule has 1 spiro atoms. The quantitative estimate of drug-likeness (QED) is 0.765. The van der Waals surface area contributed by atoms with Gasteiger partial charge in [-0.05, 0) is 25.7 Å². The number of hydrogen-bond donors (Lipinski definition) is 1. The van der Waals surface area contributed by atoms with Gasteiger partial charge in [0.2, 0.25) is 0 Å². The number of ether oxygens (including phenoxy) is 1. The third-order valence-electron chi connectivity index (χ3n) is 3.15. The Morgan fingerprint density at radius 3 is 2.73 bits per heavy atom. The third-order valence-corrected chi connectivity index (χ3v) is 3.15. The number of carboxylic acids is 1. The molecular formula is C10H15NO4. The van der Waals surface area contributed by atoms with Crippen LogP contribution in [0.2, 0.25) is 0 Å². The number of carboxylic acid groups (broad SMARTS) is 1. The molecule has 0 aromatic carbocycles. The lowest BCUT2D eigenvalue weighted by molar-refractivity contribution is -0.137. The SMILES string of the molecule is O=C(O)CCN1CC2(CCCC2)OC1=O. The number of hydrogen-bond acceptors (Lipinski definition) is 3. The summed E-state index contributed by atoms with van der Waals surface area (Å²) >= 11 is 0. The minimum atomic E-state index is -0.879. The van der Waals surface area contributed by atoms with Crippen LogP contribution in [0.3, 0.4) is 0 Å². The number of nitrogens with zero attached hydrogens (tertiary/aromatic N) is 1. The Balaban J connectivity index is 1.92. The van der Waals surface area contributed by atoms with Gasteiger partial charge in [0.15, 0.2) is 0 Å². The first-order valence-electron chi connectivity index (χ1n) is 5.31. The number of carbonyl (C=O) groups is 2. The van der Waals surface area contributed by atoms with E-state index < -0.39 is 5.97 Å².